The van der Waals surface area contributed by atoms with Crippen LogP contribution in [0.25, 0.3) is 0 Å². The van der Waals surface area contributed by atoms with E-state index in [9.17, 15) is 15.0 Å². The number of nitrogens with two attached hydrogens (primary N) is 1. The fraction of sp³-hybridized carbons (Fsp3) is 0.417. The highest BCUT2D eigenvalue weighted by Gasteiger charge is 2.19. The van der Waals surface area contributed by atoms with Crippen molar-refractivity contribution in [1.29, 1.82) is 5.26 Å². The quantitative estimate of drug-likeness (QED) is 0.722. The Morgan fingerprint density at radius 3 is 2.89 bits per heavy atom. The van der Waals surface area contributed by atoms with Crippen molar-refractivity contribution in [3.8, 4) is 6.07 Å². The van der Waals surface area contributed by atoms with Crippen LogP contribution in [0.2, 0.25) is 0 Å². The summed E-state index contributed by atoms with van der Waals surface area (Å²) in [5, 5.41) is 28.5. The van der Waals surface area contributed by atoms with E-state index in [0.29, 0.717) is 11.3 Å². The first-order valence-corrected chi connectivity index (χ1v) is 6.59. The van der Waals surface area contributed by atoms with Gasteiger partial charge in [0, 0.05) is 24.4 Å². The van der Waals surface area contributed by atoms with Gasteiger partial charge in [-0.15, -0.1) is 0 Å². The second kappa shape index (κ2) is 7.09. The first kappa shape index (κ1) is 15.4. The molecule has 1 aromatic rings. The van der Waals surface area contributed by atoms with Gasteiger partial charge in [0.1, 0.15) is 18.0 Å². The van der Waals surface area contributed by atoms with Gasteiger partial charge in [-0.25, -0.2) is 4.98 Å². The Bertz CT molecular complexity index is 501. The number of nitriles is 1. The van der Waals surface area contributed by atoms with Crippen LogP contribution in [0.1, 0.15) is 30.6 Å². The third-order valence-electron chi connectivity index (χ3n) is 2.49. The lowest BCUT2D eigenvalue weighted by Gasteiger charge is -2.17. The Labute approximate surface area is 115 Å². The van der Waals surface area contributed by atoms with Gasteiger partial charge in [0.05, 0.1) is 11.7 Å². The lowest BCUT2D eigenvalue weighted by molar-refractivity contribution is -0.109. The zero-order chi connectivity index (χ0) is 14.4. The van der Waals surface area contributed by atoms with Gasteiger partial charge in [-0.1, -0.05) is 11.8 Å². The summed E-state index contributed by atoms with van der Waals surface area (Å²) in [7, 11) is 0. The number of aliphatic hydroxyl groups is 2. The number of carbonyl (C=O) groups is 1. The molecule has 1 aromatic heterocycles. The number of nitrogen functional groups attached to an aromatic ring is 1. The predicted octanol–water partition coefficient (Wildman–Crippen LogP) is 0.600. The molecule has 1 rings (SSSR count). The van der Waals surface area contributed by atoms with E-state index in [1.807, 2.05) is 6.07 Å². The minimum Gasteiger partial charge on any atom is -0.390 e. The van der Waals surface area contributed by atoms with Crippen LogP contribution in [0.3, 0.4) is 0 Å². The molecule has 0 aliphatic carbocycles. The minimum atomic E-state index is -1.16. The summed E-state index contributed by atoms with van der Waals surface area (Å²) >= 11 is 1.08. The average Bonchev–Trinajstić information content (AvgIpc) is 2.38. The van der Waals surface area contributed by atoms with Gasteiger partial charge in [0.15, 0.2) is 5.12 Å². The van der Waals surface area contributed by atoms with E-state index in [1.54, 1.807) is 0 Å². The third-order valence-corrected chi connectivity index (χ3v) is 3.33. The number of aromatic nitrogens is 1. The number of hydrogen-bond acceptors (Lipinski definition) is 7. The second-order valence-electron chi connectivity index (χ2n) is 3.95. The number of rotatable bonds is 5. The molecule has 0 spiro atoms. The number of pyridine rings is 1. The highest BCUT2D eigenvalue weighted by atomic mass is 32.2. The molecule has 0 amide bonds. The van der Waals surface area contributed by atoms with Crippen LogP contribution in [0.15, 0.2) is 12.3 Å². The maximum atomic E-state index is 10.7. The van der Waals surface area contributed by atoms with Crippen molar-refractivity contribution in [3.05, 3.63) is 23.4 Å². The van der Waals surface area contributed by atoms with Crippen LogP contribution in [0, 0.1) is 11.3 Å². The van der Waals surface area contributed by atoms with Crippen LogP contribution >= 0.6 is 11.8 Å². The summed E-state index contributed by atoms with van der Waals surface area (Å²) in [6.07, 6.45) is -0.601. The summed E-state index contributed by atoms with van der Waals surface area (Å²) in [5.41, 5.74) is 5.95. The van der Waals surface area contributed by atoms with Crippen molar-refractivity contribution in [1.82, 2.24) is 4.98 Å². The Balaban J connectivity index is 2.69. The lowest BCUT2D eigenvalue weighted by atomic mass is 10.0. The van der Waals surface area contributed by atoms with Crippen molar-refractivity contribution >= 4 is 22.7 Å². The molecule has 2 atom stereocenters. The largest absolute Gasteiger partial charge is 0.390 e. The van der Waals surface area contributed by atoms with Crippen molar-refractivity contribution in [2.45, 2.75) is 25.6 Å². The number of anilines is 1. The van der Waals surface area contributed by atoms with Crippen LogP contribution in [0.4, 0.5) is 5.82 Å². The van der Waals surface area contributed by atoms with E-state index in [-0.39, 0.29) is 22.9 Å². The standard InChI is InChI=1S/C12H15N3O3S/c1-7(16)19-3-2-10(17)11(18)9-4-8(5-13)12(14)15-6-9/h4,6,10-11,17-18H,2-3H2,1H3,(H2,14,15). The molecule has 4 N–H and O–H groups in total. The zero-order valence-corrected chi connectivity index (χ0v) is 11.2. The Morgan fingerprint density at radius 2 is 2.32 bits per heavy atom. The molecule has 0 bridgehead atoms. The molecule has 0 aliphatic heterocycles. The summed E-state index contributed by atoms with van der Waals surface area (Å²) < 4.78 is 0. The smallest absolute Gasteiger partial charge is 0.185 e. The third kappa shape index (κ3) is 4.52. The van der Waals surface area contributed by atoms with Gasteiger partial charge in [-0.2, -0.15) is 5.26 Å². The molecule has 102 valence electrons. The Hall–Kier alpha value is -1.62. The number of nitrogens with zero attached hydrogens (tertiary/aromatic N) is 2. The van der Waals surface area contributed by atoms with Gasteiger partial charge in [-0.05, 0) is 12.5 Å². The first-order valence-electron chi connectivity index (χ1n) is 5.60. The van der Waals surface area contributed by atoms with Gasteiger partial charge in [0.2, 0.25) is 0 Å². The Morgan fingerprint density at radius 1 is 1.63 bits per heavy atom. The normalized spacial score (nSPS) is 13.6. The monoisotopic (exact) mass is 281 g/mol. The summed E-state index contributed by atoms with van der Waals surface area (Å²) in [6.45, 7) is 1.44. The molecule has 0 saturated carbocycles. The predicted molar refractivity (Wildman–Crippen MR) is 72.1 cm³/mol. The first-order chi connectivity index (χ1) is 8.95. The number of carbonyl (C=O) groups excluding carboxylic acids is 1. The number of thioether (sulfide) groups is 1. The van der Waals surface area contributed by atoms with Crippen molar-refractivity contribution in [2.24, 2.45) is 0 Å². The molecule has 2 unspecified atom stereocenters. The number of aliphatic hydroxyl groups excluding tert-OH is 2. The number of hydrogen-bond donors (Lipinski definition) is 3. The minimum absolute atomic E-state index is 0.0393. The summed E-state index contributed by atoms with van der Waals surface area (Å²) in [4.78, 5) is 14.5. The van der Waals surface area contributed by atoms with Crippen molar-refractivity contribution < 1.29 is 15.0 Å². The molecule has 6 nitrogen and oxygen atoms in total. The molecule has 0 aromatic carbocycles. The Kier molecular flexibility index (Phi) is 5.76. The van der Waals surface area contributed by atoms with E-state index in [2.05, 4.69) is 4.98 Å². The van der Waals surface area contributed by atoms with Crippen LogP contribution < -0.4 is 5.73 Å². The van der Waals surface area contributed by atoms with Gasteiger partial charge >= 0.3 is 0 Å². The van der Waals surface area contributed by atoms with E-state index in [1.165, 1.54) is 19.2 Å². The van der Waals surface area contributed by atoms with Gasteiger partial charge < -0.3 is 15.9 Å². The SMILES string of the molecule is CC(=O)SCCC(O)C(O)c1cnc(N)c(C#N)c1. The summed E-state index contributed by atoms with van der Waals surface area (Å²) in [6, 6.07) is 3.26. The fourth-order valence-electron chi connectivity index (χ4n) is 1.45. The molecule has 0 fully saturated rings. The zero-order valence-electron chi connectivity index (χ0n) is 10.4. The van der Waals surface area contributed by atoms with E-state index < -0.39 is 12.2 Å². The lowest BCUT2D eigenvalue weighted by Crippen LogP contribution is -2.19. The van der Waals surface area contributed by atoms with Crippen LogP contribution in [0.5, 0.6) is 0 Å². The summed E-state index contributed by atoms with van der Waals surface area (Å²) in [5.74, 6) is 0.501. The van der Waals surface area contributed by atoms with Crippen LogP contribution in [-0.2, 0) is 4.79 Å². The molecule has 0 saturated heterocycles. The highest BCUT2D eigenvalue weighted by molar-refractivity contribution is 8.13. The molecule has 1 heterocycles. The second-order valence-corrected chi connectivity index (χ2v) is 5.23. The van der Waals surface area contributed by atoms with Crippen LogP contribution in [-0.4, -0.2) is 32.2 Å². The van der Waals surface area contributed by atoms with Crippen molar-refractivity contribution in [2.75, 3.05) is 11.5 Å². The van der Waals surface area contributed by atoms with Gasteiger partial charge in [0.25, 0.3) is 0 Å². The molecule has 7 heteroatoms. The van der Waals surface area contributed by atoms with E-state index >= 15 is 0 Å². The maximum Gasteiger partial charge on any atom is 0.185 e. The molecular weight excluding hydrogens is 266 g/mol. The van der Waals surface area contributed by atoms with E-state index in [4.69, 9.17) is 11.0 Å². The molecular formula is C12H15N3O3S. The maximum absolute atomic E-state index is 10.7. The fourth-order valence-corrected chi connectivity index (χ4v) is 2.09. The highest BCUT2D eigenvalue weighted by Crippen LogP contribution is 2.22. The average molecular weight is 281 g/mol. The van der Waals surface area contributed by atoms with Gasteiger partial charge in [-0.3, -0.25) is 4.79 Å². The molecule has 0 radical (unpaired) electrons. The van der Waals surface area contributed by atoms with Crippen molar-refractivity contribution in [3.63, 3.8) is 0 Å². The van der Waals surface area contributed by atoms with E-state index in [0.717, 1.165) is 11.8 Å². The topological polar surface area (TPSA) is 120 Å². The molecule has 0 aliphatic rings. The molecule has 19 heavy (non-hydrogen) atoms.